The van der Waals surface area contributed by atoms with E-state index in [1.54, 1.807) is 0 Å². The molecule has 5 aliphatic rings. The van der Waals surface area contributed by atoms with Gasteiger partial charge in [0.25, 0.3) is 0 Å². The Morgan fingerprint density at radius 1 is 1.15 bits per heavy atom. The Labute approximate surface area is 267 Å². The van der Waals surface area contributed by atoms with Gasteiger partial charge >= 0.3 is 12.2 Å². The maximum atomic E-state index is 16.7. The highest BCUT2D eigenvalue weighted by Gasteiger charge is 2.53. The first kappa shape index (κ1) is 30.7. The van der Waals surface area contributed by atoms with Gasteiger partial charge in [0.2, 0.25) is 0 Å². The number of nitrogen functional groups attached to an aromatic ring is 1. The molecule has 0 amide bonds. The van der Waals surface area contributed by atoms with Crippen molar-refractivity contribution < 1.29 is 31.1 Å². The smallest absolute Gasteiger partial charge is 0.417 e. The molecule has 8 nitrogen and oxygen atoms in total. The van der Waals surface area contributed by atoms with Gasteiger partial charge in [-0.25, -0.2) is 13.2 Å². The number of halogens is 6. The summed E-state index contributed by atoms with van der Waals surface area (Å²) in [6.45, 7) is 3.71. The molecule has 0 spiro atoms. The van der Waals surface area contributed by atoms with E-state index in [0.29, 0.717) is 49.7 Å². The molecule has 3 aromatic rings. The first-order chi connectivity index (χ1) is 22.4. The fourth-order valence-corrected chi connectivity index (χ4v) is 8.72. The number of nitrogens with one attached hydrogen (secondary N) is 1. The lowest BCUT2D eigenvalue weighted by Crippen LogP contribution is -2.61. The highest BCUT2D eigenvalue weighted by Crippen LogP contribution is 2.49. The minimum atomic E-state index is -5.01. The lowest BCUT2D eigenvalue weighted by atomic mass is 9.90. The van der Waals surface area contributed by atoms with Crippen LogP contribution in [0.1, 0.15) is 56.1 Å². The van der Waals surface area contributed by atoms with E-state index in [0.717, 1.165) is 58.1 Å². The molecule has 1 saturated carbocycles. The molecule has 47 heavy (non-hydrogen) atoms. The predicted octanol–water partition coefficient (Wildman–Crippen LogP) is 6.07. The lowest BCUT2D eigenvalue weighted by Gasteiger charge is -2.42. The van der Waals surface area contributed by atoms with Crippen molar-refractivity contribution in [1.29, 1.82) is 0 Å². The second kappa shape index (κ2) is 10.7. The summed E-state index contributed by atoms with van der Waals surface area (Å²) in [5.41, 5.74) is 1.30. The highest BCUT2D eigenvalue weighted by molar-refractivity contribution is 5.92. The number of fused-ring (bicyclic) bond motifs is 4. The fraction of sp³-hybridized carbons (Fsp3) is 0.545. The largest absolute Gasteiger partial charge is 0.461 e. The summed E-state index contributed by atoms with van der Waals surface area (Å²) >= 11 is 0. The van der Waals surface area contributed by atoms with Crippen molar-refractivity contribution in [2.75, 3.05) is 43.4 Å². The minimum Gasteiger partial charge on any atom is -0.461 e. The summed E-state index contributed by atoms with van der Waals surface area (Å²) < 4.78 is 94.6. The first-order valence-corrected chi connectivity index (χ1v) is 16.1. The molecule has 250 valence electrons. The summed E-state index contributed by atoms with van der Waals surface area (Å²) in [7, 11) is 0. The van der Waals surface area contributed by atoms with E-state index < -0.39 is 45.9 Å². The topological polar surface area (TPSA) is 92.4 Å². The fourth-order valence-electron chi connectivity index (χ4n) is 8.72. The summed E-state index contributed by atoms with van der Waals surface area (Å²) in [6, 6.07) is 0.901. The summed E-state index contributed by atoms with van der Waals surface area (Å²) in [4.78, 5) is 17.5. The number of hydrogen-bond donors (Lipinski definition) is 2. The van der Waals surface area contributed by atoms with Crippen LogP contribution in [0.25, 0.3) is 22.2 Å². The molecule has 0 unspecified atom stereocenters. The number of benzene rings is 1. The van der Waals surface area contributed by atoms with Crippen LogP contribution in [0.3, 0.4) is 0 Å². The van der Waals surface area contributed by atoms with Gasteiger partial charge in [-0.05, 0) is 81.5 Å². The first-order valence-electron chi connectivity index (χ1n) is 16.1. The molecular formula is C33H35F6N7O. The van der Waals surface area contributed by atoms with Gasteiger partial charge in [-0.2, -0.15) is 23.1 Å². The quantitative estimate of drug-likeness (QED) is 0.244. The Morgan fingerprint density at radius 2 is 1.96 bits per heavy atom. The molecule has 5 fully saturated rings. The van der Waals surface area contributed by atoms with Crippen LogP contribution in [0, 0.1) is 24.5 Å². The van der Waals surface area contributed by atoms with Crippen LogP contribution in [0.2, 0.25) is 0 Å². The van der Waals surface area contributed by atoms with Crippen LogP contribution in [0.5, 0.6) is 6.01 Å². The van der Waals surface area contributed by atoms with Crippen LogP contribution in [-0.4, -0.2) is 69.8 Å². The molecule has 1 aromatic carbocycles. The monoisotopic (exact) mass is 659 g/mol. The third-order valence-corrected chi connectivity index (χ3v) is 11.0. The zero-order chi connectivity index (χ0) is 32.9. The Kier molecular flexibility index (Phi) is 6.97. The van der Waals surface area contributed by atoms with Crippen molar-refractivity contribution in [3.63, 3.8) is 0 Å². The van der Waals surface area contributed by atoms with E-state index in [2.05, 4.69) is 25.1 Å². The van der Waals surface area contributed by atoms with Crippen LogP contribution < -0.4 is 20.7 Å². The molecule has 2 aromatic heterocycles. The maximum Gasteiger partial charge on any atom is 0.417 e. The second-order valence-corrected chi connectivity index (χ2v) is 14.0. The SMILES string of the molecule is Cc1cc(N)c(F)c(-c2ncc3c(N4C[C@@H]5CC[C@](C6CC6)(C4)N5)nc(OC[C@@]45CCCN4C/C(=C/F)C5)nc3c2F)c1C(F)(F)F. The van der Waals surface area contributed by atoms with Gasteiger partial charge in [0.15, 0.2) is 11.6 Å². The summed E-state index contributed by atoms with van der Waals surface area (Å²) in [5.74, 6) is -1.77. The van der Waals surface area contributed by atoms with Gasteiger partial charge in [-0.3, -0.25) is 9.88 Å². The molecule has 3 atom stereocenters. The zero-order valence-corrected chi connectivity index (χ0v) is 25.9. The number of piperazine rings is 1. The van der Waals surface area contributed by atoms with Gasteiger partial charge in [0, 0.05) is 37.4 Å². The molecule has 4 aliphatic heterocycles. The lowest BCUT2D eigenvalue weighted by molar-refractivity contribution is -0.137. The standard InChI is InChI=1S/C33H35F6N7O/c1-17-9-22(40)25(35)23(24(17)33(37,38)39)28-26(36)27-21(12-41-28)29(45-14-20-5-7-32(15-45,44-20)19-3-4-19)43-30(42-27)47-16-31-6-2-8-46(31)13-18(10-31)11-34/h9,11-12,19-20,44H,2-8,10,13-16,40H2,1H3/b18-11+/t20-,31-,32+/m0/s1. The zero-order valence-electron chi connectivity index (χ0n) is 25.9. The summed E-state index contributed by atoms with van der Waals surface area (Å²) in [6.07, 6.45) is 3.20. The number of anilines is 2. The molecule has 3 N–H and O–H groups in total. The van der Waals surface area contributed by atoms with E-state index in [1.807, 2.05) is 0 Å². The van der Waals surface area contributed by atoms with Crippen LogP contribution in [0.15, 0.2) is 24.2 Å². The number of pyridine rings is 1. The van der Waals surface area contributed by atoms with E-state index in [4.69, 9.17) is 15.5 Å². The molecule has 14 heteroatoms. The Morgan fingerprint density at radius 3 is 2.70 bits per heavy atom. The number of alkyl halides is 3. The molecular weight excluding hydrogens is 624 g/mol. The third-order valence-electron chi connectivity index (χ3n) is 11.0. The number of aryl methyl sites for hydroxylation is 1. The van der Waals surface area contributed by atoms with Gasteiger partial charge in [0.05, 0.1) is 34.1 Å². The molecule has 0 radical (unpaired) electrons. The third kappa shape index (κ3) is 4.92. The molecule has 6 heterocycles. The number of rotatable bonds is 6. The van der Waals surface area contributed by atoms with Gasteiger partial charge in [-0.1, -0.05) is 0 Å². The predicted molar refractivity (Wildman–Crippen MR) is 164 cm³/mol. The van der Waals surface area contributed by atoms with Crippen molar-refractivity contribution >= 4 is 22.4 Å². The van der Waals surface area contributed by atoms with Gasteiger partial charge < -0.3 is 20.7 Å². The summed E-state index contributed by atoms with van der Waals surface area (Å²) in [5, 5.41) is 3.98. The van der Waals surface area contributed by atoms with Crippen molar-refractivity contribution in [2.24, 2.45) is 5.92 Å². The number of ether oxygens (including phenoxy) is 1. The highest BCUT2D eigenvalue weighted by atomic mass is 19.4. The molecule has 4 saturated heterocycles. The van der Waals surface area contributed by atoms with Crippen LogP contribution in [-0.2, 0) is 6.18 Å². The van der Waals surface area contributed by atoms with Crippen molar-refractivity contribution in [3.8, 4) is 17.3 Å². The van der Waals surface area contributed by atoms with Crippen molar-refractivity contribution in [1.82, 2.24) is 25.2 Å². The number of nitrogens with two attached hydrogens (primary N) is 1. The van der Waals surface area contributed by atoms with Gasteiger partial charge in [-0.15, -0.1) is 0 Å². The number of nitrogens with zero attached hydrogens (tertiary/aromatic N) is 5. The van der Waals surface area contributed by atoms with Gasteiger partial charge in [0.1, 0.15) is 23.6 Å². The van der Waals surface area contributed by atoms with E-state index in [1.165, 1.54) is 6.20 Å². The second-order valence-electron chi connectivity index (χ2n) is 14.0. The van der Waals surface area contributed by atoms with Crippen molar-refractivity contribution in [2.45, 2.75) is 75.2 Å². The van der Waals surface area contributed by atoms with E-state index in [9.17, 15) is 17.6 Å². The molecule has 2 bridgehead atoms. The van der Waals surface area contributed by atoms with Crippen molar-refractivity contribution in [3.05, 3.63) is 46.9 Å². The Hall–Kier alpha value is -3.65. The van der Waals surface area contributed by atoms with Crippen LogP contribution >= 0.6 is 0 Å². The Bertz CT molecular complexity index is 1810. The van der Waals surface area contributed by atoms with E-state index >= 15 is 8.78 Å². The number of aromatic nitrogens is 3. The average Bonchev–Trinajstić information content (AvgIpc) is 3.64. The number of hydrogen-bond acceptors (Lipinski definition) is 8. The molecule has 8 rings (SSSR count). The maximum absolute atomic E-state index is 16.7. The van der Waals surface area contributed by atoms with E-state index in [-0.39, 0.29) is 40.7 Å². The Balaban J connectivity index is 1.26. The minimum absolute atomic E-state index is 0.112. The average molecular weight is 660 g/mol. The molecule has 1 aliphatic carbocycles. The van der Waals surface area contributed by atoms with Crippen LogP contribution in [0.4, 0.5) is 37.8 Å². The normalized spacial score (nSPS) is 28.5.